The van der Waals surface area contributed by atoms with Gasteiger partial charge in [0.05, 0.1) is 5.69 Å². The van der Waals surface area contributed by atoms with Gasteiger partial charge in [-0.1, -0.05) is 19.3 Å². The summed E-state index contributed by atoms with van der Waals surface area (Å²) in [5.41, 5.74) is 0.269. The quantitative estimate of drug-likeness (QED) is 0.876. The van der Waals surface area contributed by atoms with Crippen molar-refractivity contribution < 1.29 is 8.42 Å². The van der Waals surface area contributed by atoms with Gasteiger partial charge in [-0.25, -0.2) is 13.1 Å². The normalized spacial score (nSPS) is 18.7. The van der Waals surface area contributed by atoms with E-state index < -0.39 is 10.0 Å². The third-order valence-electron chi connectivity index (χ3n) is 3.78. The van der Waals surface area contributed by atoms with Gasteiger partial charge in [-0.05, 0) is 32.8 Å². The summed E-state index contributed by atoms with van der Waals surface area (Å²) in [4.78, 5) is 4.18. The van der Waals surface area contributed by atoms with Crippen molar-refractivity contribution in [1.29, 1.82) is 0 Å². The van der Waals surface area contributed by atoms with Crippen molar-refractivity contribution in [3.05, 3.63) is 18.5 Å². The molecule has 0 unspecified atom stereocenters. The van der Waals surface area contributed by atoms with E-state index in [1.54, 1.807) is 12.3 Å². The van der Waals surface area contributed by atoms with Crippen molar-refractivity contribution >= 4 is 15.7 Å². The maximum atomic E-state index is 12.6. The third-order valence-corrected chi connectivity index (χ3v) is 5.45. The Morgan fingerprint density at radius 2 is 2.00 bits per heavy atom. The number of sulfonamides is 1. The van der Waals surface area contributed by atoms with E-state index in [0.29, 0.717) is 12.2 Å². The number of anilines is 1. The van der Waals surface area contributed by atoms with E-state index in [4.69, 9.17) is 0 Å². The topological polar surface area (TPSA) is 71.1 Å². The predicted molar refractivity (Wildman–Crippen MR) is 80.2 cm³/mol. The summed E-state index contributed by atoms with van der Waals surface area (Å²) >= 11 is 0. The summed E-state index contributed by atoms with van der Waals surface area (Å²) in [6.45, 7) is 4.60. The monoisotopic (exact) mass is 297 g/mol. The Kier molecular flexibility index (Phi) is 4.65. The van der Waals surface area contributed by atoms with E-state index in [0.717, 1.165) is 25.7 Å². The minimum Gasteiger partial charge on any atom is -0.384 e. The zero-order valence-electron chi connectivity index (χ0n) is 12.1. The van der Waals surface area contributed by atoms with Gasteiger partial charge in [-0.2, -0.15) is 0 Å². The Morgan fingerprint density at radius 3 is 2.65 bits per heavy atom. The van der Waals surface area contributed by atoms with Gasteiger partial charge < -0.3 is 5.32 Å². The second-order valence-electron chi connectivity index (χ2n) is 5.63. The fourth-order valence-electron chi connectivity index (χ4n) is 2.74. The van der Waals surface area contributed by atoms with Gasteiger partial charge in [0.2, 0.25) is 10.0 Å². The number of hydrogen-bond donors (Lipinski definition) is 2. The minimum atomic E-state index is -3.55. The van der Waals surface area contributed by atoms with Gasteiger partial charge in [0.1, 0.15) is 4.90 Å². The van der Waals surface area contributed by atoms with E-state index in [1.807, 2.05) is 13.8 Å². The molecule has 0 bridgehead atoms. The molecule has 2 rings (SSSR count). The number of aromatic nitrogens is 1. The van der Waals surface area contributed by atoms with Crippen LogP contribution >= 0.6 is 0 Å². The van der Waals surface area contributed by atoms with Gasteiger partial charge >= 0.3 is 0 Å². The first-order chi connectivity index (χ1) is 9.47. The molecule has 0 radical (unpaired) electrons. The molecule has 5 nitrogen and oxygen atoms in total. The van der Waals surface area contributed by atoms with Crippen LogP contribution in [0.2, 0.25) is 0 Å². The molecule has 0 spiro atoms. The van der Waals surface area contributed by atoms with Gasteiger partial charge in [0, 0.05) is 24.5 Å². The molecular formula is C14H23N3O2S. The highest BCUT2D eigenvalue weighted by atomic mass is 32.2. The number of rotatable bonds is 5. The van der Waals surface area contributed by atoms with Crippen LogP contribution in [0.4, 0.5) is 5.69 Å². The van der Waals surface area contributed by atoms with Gasteiger partial charge in [-0.15, -0.1) is 0 Å². The highest BCUT2D eigenvalue weighted by molar-refractivity contribution is 7.89. The van der Waals surface area contributed by atoms with Crippen molar-refractivity contribution in [3.63, 3.8) is 0 Å². The molecule has 1 heterocycles. The van der Waals surface area contributed by atoms with Crippen LogP contribution < -0.4 is 10.0 Å². The fourth-order valence-corrected chi connectivity index (χ4v) is 4.34. The molecule has 0 aliphatic heterocycles. The summed E-state index contributed by atoms with van der Waals surface area (Å²) in [5, 5.41) is 3.07. The van der Waals surface area contributed by atoms with Crippen molar-refractivity contribution in [2.45, 2.75) is 56.4 Å². The molecule has 2 N–H and O–H groups in total. The minimum absolute atomic E-state index is 0.230. The molecule has 1 saturated carbocycles. The fraction of sp³-hybridized carbons (Fsp3) is 0.643. The lowest BCUT2D eigenvalue weighted by atomic mass is 9.84. The zero-order chi connectivity index (χ0) is 14.6. The van der Waals surface area contributed by atoms with Crippen molar-refractivity contribution in [3.8, 4) is 0 Å². The molecule has 0 aromatic carbocycles. The maximum Gasteiger partial charge on any atom is 0.244 e. The molecular weight excluding hydrogens is 274 g/mol. The van der Waals surface area contributed by atoms with Crippen molar-refractivity contribution in [2.24, 2.45) is 0 Å². The largest absolute Gasteiger partial charge is 0.384 e. The first kappa shape index (κ1) is 15.3. The third kappa shape index (κ3) is 3.49. The Bertz CT molecular complexity index is 551. The van der Waals surface area contributed by atoms with E-state index in [2.05, 4.69) is 15.0 Å². The molecule has 1 aromatic heterocycles. The van der Waals surface area contributed by atoms with E-state index in [1.165, 1.54) is 12.6 Å². The Labute approximate surface area is 121 Å². The number of nitrogens with one attached hydrogen (secondary N) is 2. The van der Waals surface area contributed by atoms with Crippen LogP contribution in [0, 0.1) is 0 Å². The molecule has 0 amide bonds. The maximum absolute atomic E-state index is 12.6. The Hall–Kier alpha value is -1.14. The van der Waals surface area contributed by atoms with Crippen LogP contribution in [0.25, 0.3) is 0 Å². The van der Waals surface area contributed by atoms with Gasteiger partial charge in [0.15, 0.2) is 0 Å². The van der Waals surface area contributed by atoms with E-state index >= 15 is 0 Å². The highest BCUT2D eigenvalue weighted by Gasteiger charge is 2.33. The lowest BCUT2D eigenvalue weighted by Crippen LogP contribution is -2.47. The van der Waals surface area contributed by atoms with E-state index in [9.17, 15) is 8.42 Å². The van der Waals surface area contributed by atoms with Gasteiger partial charge in [0.25, 0.3) is 0 Å². The molecule has 1 aromatic rings. The molecule has 0 saturated heterocycles. The van der Waals surface area contributed by atoms with E-state index in [-0.39, 0.29) is 10.4 Å². The molecule has 20 heavy (non-hydrogen) atoms. The summed E-state index contributed by atoms with van der Waals surface area (Å²) < 4.78 is 28.1. The number of hydrogen-bond acceptors (Lipinski definition) is 4. The Balaban J connectivity index is 2.26. The summed E-state index contributed by atoms with van der Waals surface area (Å²) in [6, 6.07) is 1.70. The average Bonchev–Trinajstić information content (AvgIpc) is 2.39. The zero-order valence-corrected chi connectivity index (χ0v) is 13.0. The standard InChI is InChI=1S/C14H23N3O2S/c1-3-16-12-7-10-15-11-13(12)20(18,19)17-14(2)8-5-4-6-9-14/h7,10-11,17H,3-6,8-9H2,1-2H3,(H,15,16). The number of nitrogens with zero attached hydrogens (tertiary/aromatic N) is 1. The highest BCUT2D eigenvalue weighted by Crippen LogP contribution is 2.30. The molecule has 1 aliphatic rings. The van der Waals surface area contributed by atoms with Crippen LogP contribution in [0.5, 0.6) is 0 Å². The average molecular weight is 297 g/mol. The summed E-state index contributed by atoms with van der Waals surface area (Å²) in [6.07, 6.45) is 8.13. The molecule has 1 aliphatic carbocycles. The van der Waals surface area contributed by atoms with Crippen LogP contribution in [-0.2, 0) is 10.0 Å². The summed E-state index contributed by atoms with van der Waals surface area (Å²) in [7, 11) is -3.55. The first-order valence-corrected chi connectivity index (χ1v) is 8.67. The number of pyridine rings is 1. The van der Waals surface area contributed by atoms with Crippen LogP contribution in [0.15, 0.2) is 23.4 Å². The van der Waals surface area contributed by atoms with Crippen LogP contribution in [0.1, 0.15) is 46.0 Å². The van der Waals surface area contributed by atoms with Gasteiger partial charge in [-0.3, -0.25) is 4.98 Å². The molecule has 1 fully saturated rings. The SMILES string of the molecule is CCNc1ccncc1S(=O)(=O)NC1(C)CCCCC1. The van der Waals surface area contributed by atoms with Crippen LogP contribution in [0.3, 0.4) is 0 Å². The summed E-state index contributed by atoms with van der Waals surface area (Å²) in [5.74, 6) is 0. The lowest BCUT2D eigenvalue weighted by molar-refractivity contribution is 0.294. The van der Waals surface area contributed by atoms with Crippen LogP contribution in [-0.4, -0.2) is 25.5 Å². The van der Waals surface area contributed by atoms with Crippen molar-refractivity contribution in [2.75, 3.05) is 11.9 Å². The molecule has 0 atom stereocenters. The molecule has 112 valence electrons. The lowest BCUT2D eigenvalue weighted by Gasteiger charge is -2.34. The molecule has 6 heteroatoms. The predicted octanol–water partition coefficient (Wildman–Crippen LogP) is 2.51. The second kappa shape index (κ2) is 6.10. The smallest absolute Gasteiger partial charge is 0.244 e. The first-order valence-electron chi connectivity index (χ1n) is 7.19. The second-order valence-corrected chi connectivity index (χ2v) is 7.28. The Morgan fingerprint density at radius 1 is 1.30 bits per heavy atom. The van der Waals surface area contributed by atoms with Crippen molar-refractivity contribution in [1.82, 2.24) is 9.71 Å².